The van der Waals surface area contributed by atoms with Gasteiger partial charge in [0.1, 0.15) is 0 Å². The molecule has 0 spiro atoms. The van der Waals surface area contributed by atoms with Crippen molar-refractivity contribution >= 4 is 18.5 Å². The van der Waals surface area contributed by atoms with Crippen molar-refractivity contribution in [3.8, 4) is 12.3 Å². The van der Waals surface area contributed by atoms with Crippen LogP contribution in [0.25, 0.3) is 0 Å². The van der Waals surface area contributed by atoms with Crippen LogP contribution in [0.15, 0.2) is 24.3 Å². The van der Waals surface area contributed by atoms with Gasteiger partial charge in [0.15, 0.2) is 0 Å². The molecular weight excluding hydrogens is 269 g/mol. The molecule has 112 valence electrons. The molecule has 0 radical (unpaired) electrons. The minimum absolute atomic E-state index is 0.276. The highest BCUT2D eigenvalue weighted by molar-refractivity contribution is 6.58. The summed E-state index contributed by atoms with van der Waals surface area (Å²) in [4.78, 5) is 11.9. The largest absolute Gasteiger partial charge is 0.488 e. The Balaban J connectivity index is 2.45. The van der Waals surface area contributed by atoms with E-state index in [9.17, 15) is 4.79 Å². The summed E-state index contributed by atoms with van der Waals surface area (Å²) < 4.78 is 0. The number of terminal acetylenes is 1. The molecule has 0 fully saturated rings. The van der Waals surface area contributed by atoms with Gasteiger partial charge in [-0.2, -0.15) is 0 Å². The number of hydrogen-bond donors (Lipinski definition) is 5. The number of amides is 1. The van der Waals surface area contributed by atoms with E-state index in [2.05, 4.69) is 11.2 Å². The highest BCUT2D eigenvalue weighted by Crippen LogP contribution is 2.06. The van der Waals surface area contributed by atoms with Crippen molar-refractivity contribution in [3.05, 3.63) is 29.8 Å². The number of carbonyl (C=O) groups is 1. The Bertz CT molecular complexity index is 509. The van der Waals surface area contributed by atoms with Gasteiger partial charge in [-0.3, -0.25) is 4.79 Å². The zero-order valence-corrected chi connectivity index (χ0v) is 11.7. The average Bonchev–Trinajstić information content (AvgIpc) is 2.45. The lowest BCUT2D eigenvalue weighted by molar-refractivity contribution is 0.0950. The molecule has 1 aromatic carbocycles. The number of rotatable bonds is 7. The van der Waals surface area contributed by atoms with Gasteiger partial charge in [0.05, 0.1) is 5.66 Å². The van der Waals surface area contributed by atoms with E-state index in [1.165, 1.54) is 24.3 Å². The van der Waals surface area contributed by atoms with E-state index in [1.807, 2.05) is 0 Å². The quantitative estimate of drug-likeness (QED) is 0.238. The number of benzene rings is 1. The van der Waals surface area contributed by atoms with Crippen molar-refractivity contribution in [2.45, 2.75) is 24.9 Å². The van der Waals surface area contributed by atoms with Crippen LogP contribution in [-0.2, 0) is 0 Å². The first-order valence-corrected chi connectivity index (χ1v) is 6.61. The van der Waals surface area contributed by atoms with Gasteiger partial charge in [0.2, 0.25) is 0 Å². The summed E-state index contributed by atoms with van der Waals surface area (Å²) in [7, 11) is -1.55. The van der Waals surface area contributed by atoms with E-state index >= 15 is 0 Å². The van der Waals surface area contributed by atoms with Crippen molar-refractivity contribution in [2.24, 2.45) is 11.5 Å². The number of nitrogens with two attached hydrogens (primary N) is 2. The van der Waals surface area contributed by atoms with Crippen LogP contribution in [0.5, 0.6) is 0 Å². The average molecular weight is 289 g/mol. The van der Waals surface area contributed by atoms with Gasteiger partial charge >= 0.3 is 7.12 Å². The summed E-state index contributed by atoms with van der Waals surface area (Å²) in [5.74, 6) is 2.20. The zero-order valence-electron chi connectivity index (χ0n) is 11.7. The lowest BCUT2D eigenvalue weighted by Crippen LogP contribution is -2.51. The Hall–Kier alpha value is -1.85. The monoisotopic (exact) mass is 289 g/mol. The minimum Gasteiger partial charge on any atom is -0.423 e. The number of nitrogens with one attached hydrogen (secondary N) is 1. The van der Waals surface area contributed by atoms with E-state index in [1.54, 1.807) is 0 Å². The van der Waals surface area contributed by atoms with Crippen LogP contribution in [0.1, 0.15) is 29.6 Å². The Morgan fingerprint density at radius 3 is 2.43 bits per heavy atom. The van der Waals surface area contributed by atoms with Gasteiger partial charge in [-0.1, -0.05) is 12.1 Å². The predicted octanol–water partition coefficient (Wildman–Crippen LogP) is -1.49. The molecule has 0 aliphatic heterocycles. The summed E-state index contributed by atoms with van der Waals surface area (Å²) in [6.07, 6.45) is 6.55. The van der Waals surface area contributed by atoms with E-state index in [0.29, 0.717) is 36.8 Å². The third-order valence-electron chi connectivity index (χ3n) is 3.08. The highest BCUT2D eigenvalue weighted by atomic mass is 16.4. The molecule has 0 aromatic heterocycles. The Morgan fingerprint density at radius 2 is 1.90 bits per heavy atom. The van der Waals surface area contributed by atoms with Crippen LogP contribution in [0, 0.1) is 12.3 Å². The Morgan fingerprint density at radius 1 is 1.29 bits per heavy atom. The van der Waals surface area contributed by atoms with Gasteiger partial charge in [0, 0.05) is 18.5 Å². The molecule has 0 saturated carbocycles. The summed E-state index contributed by atoms with van der Waals surface area (Å²) >= 11 is 0. The third kappa shape index (κ3) is 5.98. The van der Waals surface area contributed by atoms with Crippen molar-refractivity contribution in [2.75, 3.05) is 6.54 Å². The zero-order chi connectivity index (χ0) is 15.9. The number of hydrogen-bond acceptors (Lipinski definition) is 5. The Kier molecular flexibility index (Phi) is 6.40. The van der Waals surface area contributed by atoms with Crippen LogP contribution in [0.2, 0.25) is 0 Å². The molecule has 0 saturated heterocycles. The first-order chi connectivity index (χ1) is 9.85. The molecule has 7 heteroatoms. The third-order valence-corrected chi connectivity index (χ3v) is 3.08. The predicted molar refractivity (Wildman–Crippen MR) is 82.4 cm³/mol. The van der Waals surface area contributed by atoms with Crippen LogP contribution in [-0.4, -0.2) is 35.3 Å². The van der Waals surface area contributed by atoms with Crippen molar-refractivity contribution in [3.63, 3.8) is 0 Å². The lowest BCUT2D eigenvalue weighted by atomic mass is 9.80. The maximum absolute atomic E-state index is 11.9. The van der Waals surface area contributed by atoms with E-state index < -0.39 is 12.8 Å². The van der Waals surface area contributed by atoms with Gasteiger partial charge in [-0.05, 0) is 30.4 Å². The second kappa shape index (κ2) is 7.81. The molecule has 1 aromatic rings. The molecule has 0 heterocycles. The van der Waals surface area contributed by atoms with E-state index in [0.717, 1.165) is 0 Å². The molecule has 0 atom stereocenters. The van der Waals surface area contributed by atoms with Crippen molar-refractivity contribution < 1.29 is 14.8 Å². The molecule has 21 heavy (non-hydrogen) atoms. The van der Waals surface area contributed by atoms with Crippen LogP contribution in [0.3, 0.4) is 0 Å². The minimum atomic E-state index is -1.55. The SMILES string of the molecule is C#CCCC(N)(N)CCNC(=O)c1ccc(B(O)O)cc1. The molecule has 0 unspecified atom stereocenters. The van der Waals surface area contributed by atoms with Gasteiger partial charge in [-0.25, -0.2) is 0 Å². The van der Waals surface area contributed by atoms with E-state index in [-0.39, 0.29) is 5.91 Å². The second-order valence-corrected chi connectivity index (χ2v) is 4.94. The van der Waals surface area contributed by atoms with Crippen molar-refractivity contribution in [1.29, 1.82) is 0 Å². The summed E-state index contributed by atoms with van der Waals surface area (Å²) in [5.41, 5.74) is 11.6. The molecule has 6 nitrogen and oxygen atoms in total. The molecular formula is C14H20BN3O3. The topological polar surface area (TPSA) is 122 Å². The molecule has 1 amide bonds. The first kappa shape index (κ1) is 17.2. The fourth-order valence-corrected chi connectivity index (χ4v) is 1.75. The smallest absolute Gasteiger partial charge is 0.423 e. The molecule has 7 N–H and O–H groups in total. The van der Waals surface area contributed by atoms with Gasteiger partial charge in [-0.15, -0.1) is 12.3 Å². The van der Waals surface area contributed by atoms with Crippen LogP contribution >= 0.6 is 0 Å². The highest BCUT2D eigenvalue weighted by Gasteiger charge is 2.18. The maximum Gasteiger partial charge on any atom is 0.488 e. The van der Waals surface area contributed by atoms with Gasteiger partial charge in [0.25, 0.3) is 5.91 Å². The summed E-state index contributed by atoms with van der Waals surface area (Å²) in [6.45, 7) is 0.334. The molecule has 0 aliphatic carbocycles. The van der Waals surface area contributed by atoms with Crippen LogP contribution in [0.4, 0.5) is 0 Å². The fraction of sp³-hybridized carbons (Fsp3) is 0.357. The molecule has 0 aliphatic rings. The number of carbonyl (C=O) groups excluding carboxylic acids is 1. The van der Waals surface area contributed by atoms with Crippen molar-refractivity contribution in [1.82, 2.24) is 5.32 Å². The van der Waals surface area contributed by atoms with E-state index in [4.69, 9.17) is 27.9 Å². The normalized spacial score (nSPS) is 10.8. The lowest BCUT2D eigenvalue weighted by Gasteiger charge is -2.23. The maximum atomic E-state index is 11.9. The van der Waals surface area contributed by atoms with Gasteiger partial charge < -0.3 is 26.8 Å². The standard InChI is InChI=1S/C14H20BN3O3/c1-2-3-8-14(16,17)9-10-18-13(19)11-4-6-12(7-5-11)15(20)21/h1,4-7,20-21H,3,8-10,16-17H2,(H,18,19). The Labute approximate surface area is 124 Å². The first-order valence-electron chi connectivity index (χ1n) is 6.61. The summed E-state index contributed by atoms with van der Waals surface area (Å²) in [6, 6.07) is 5.98. The molecule has 1 rings (SSSR count). The van der Waals surface area contributed by atoms with Crippen LogP contribution < -0.4 is 22.2 Å². The summed E-state index contributed by atoms with van der Waals surface area (Å²) in [5, 5.41) is 20.6. The fourth-order valence-electron chi connectivity index (χ4n) is 1.75. The second-order valence-electron chi connectivity index (χ2n) is 4.94. The molecule has 0 bridgehead atoms.